The first-order valence-electron chi connectivity index (χ1n) is 5.21. The molecular formula is C13H10ClNO2S. The number of aromatic nitrogens is 1. The number of nitrogens with zero attached hydrogens (tertiary/aromatic N) is 1. The summed E-state index contributed by atoms with van der Waals surface area (Å²) in [6.45, 7) is 2.00. The van der Waals surface area contributed by atoms with Gasteiger partial charge in [0, 0.05) is 4.90 Å². The van der Waals surface area contributed by atoms with E-state index in [1.165, 1.54) is 11.8 Å². The van der Waals surface area contributed by atoms with Gasteiger partial charge in [-0.3, -0.25) is 0 Å². The van der Waals surface area contributed by atoms with Crippen molar-refractivity contribution in [2.24, 2.45) is 0 Å². The molecule has 5 heteroatoms. The van der Waals surface area contributed by atoms with Gasteiger partial charge in [-0.25, -0.2) is 9.78 Å². The first-order valence-corrected chi connectivity index (χ1v) is 6.40. The fraction of sp³-hybridized carbons (Fsp3) is 0.0769. The Labute approximate surface area is 114 Å². The van der Waals surface area contributed by atoms with Crippen molar-refractivity contribution in [1.29, 1.82) is 0 Å². The molecule has 0 aliphatic rings. The van der Waals surface area contributed by atoms with Crippen molar-refractivity contribution < 1.29 is 9.90 Å². The third-order valence-electron chi connectivity index (χ3n) is 2.33. The summed E-state index contributed by atoms with van der Waals surface area (Å²) in [5.74, 6) is -1.12. The van der Waals surface area contributed by atoms with E-state index in [1.54, 1.807) is 12.1 Å². The van der Waals surface area contributed by atoms with Crippen molar-refractivity contribution in [2.75, 3.05) is 0 Å². The minimum absolute atomic E-state index is 0.116. The molecule has 2 aromatic rings. The predicted molar refractivity (Wildman–Crippen MR) is 71.5 cm³/mol. The molecule has 1 aromatic carbocycles. The van der Waals surface area contributed by atoms with E-state index in [9.17, 15) is 4.79 Å². The molecule has 0 atom stereocenters. The van der Waals surface area contributed by atoms with Crippen LogP contribution in [-0.4, -0.2) is 16.1 Å². The number of pyridine rings is 1. The van der Waals surface area contributed by atoms with Crippen molar-refractivity contribution in [2.45, 2.75) is 16.8 Å². The lowest BCUT2D eigenvalue weighted by atomic mass is 10.2. The number of aryl methyl sites for hydroxylation is 1. The van der Waals surface area contributed by atoms with Crippen molar-refractivity contribution in [3.8, 4) is 0 Å². The lowest BCUT2D eigenvalue weighted by molar-refractivity contribution is 0.0690. The van der Waals surface area contributed by atoms with E-state index >= 15 is 0 Å². The van der Waals surface area contributed by atoms with Crippen LogP contribution >= 0.6 is 23.4 Å². The van der Waals surface area contributed by atoms with Crippen molar-refractivity contribution >= 4 is 29.3 Å². The van der Waals surface area contributed by atoms with Gasteiger partial charge in [0.1, 0.15) is 5.03 Å². The summed E-state index contributed by atoms with van der Waals surface area (Å²) in [5.41, 5.74) is 1.01. The van der Waals surface area contributed by atoms with Gasteiger partial charge >= 0.3 is 5.97 Å². The van der Waals surface area contributed by atoms with Crippen LogP contribution in [0.25, 0.3) is 0 Å². The van der Waals surface area contributed by atoms with E-state index in [1.807, 2.05) is 31.2 Å². The molecule has 0 aliphatic heterocycles. The van der Waals surface area contributed by atoms with Gasteiger partial charge in [0.05, 0.1) is 5.02 Å². The molecule has 0 spiro atoms. The lowest BCUT2D eigenvalue weighted by Crippen LogP contribution is -2.01. The van der Waals surface area contributed by atoms with Crippen molar-refractivity contribution in [3.05, 3.63) is 52.7 Å². The Balaban J connectivity index is 2.33. The van der Waals surface area contributed by atoms with Crippen LogP contribution < -0.4 is 0 Å². The number of benzene rings is 1. The predicted octanol–water partition coefficient (Wildman–Crippen LogP) is 3.89. The van der Waals surface area contributed by atoms with Crippen LogP contribution in [0.1, 0.15) is 16.1 Å². The molecule has 1 N–H and O–H groups in total. The van der Waals surface area contributed by atoms with E-state index in [2.05, 4.69) is 4.98 Å². The van der Waals surface area contributed by atoms with Crippen LogP contribution in [0.4, 0.5) is 0 Å². The summed E-state index contributed by atoms with van der Waals surface area (Å²) in [6, 6.07) is 11.1. The molecule has 0 saturated heterocycles. The van der Waals surface area contributed by atoms with Gasteiger partial charge in [-0.1, -0.05) is 41.6 Å². The maximum absolute atomic E-state index is 10.9. The van der Waals surface area contributed by atoms with Crippen LogP contribution in [0.2, 0.25) is 5.02 Å². The topological polar surface area (TPSA) is 50.2 Å². The van der Waals surface area contributed by atoms with Crippen LogP contribution in [-0.2, 0) is 0 Å². The highest BCUT2D eigenvalue weighted by molar-refractivity contribution is 7.99. The summed E-state index contributed by atoms with van der Waals surface area (Å²) in [7, 11) is 0. The fourth-order valence-corrected chi connectivity index (χ4v) is 2.47. The number of hydrogen-bond donors (Lipinski definition) is 1. The zero-order chi connectivity index (χ0) is 13.1. The van der Waals surface area contributed by atoms with Crippen LogP contribution in [0.15, 0.2) is 46.3 Å². The molecule has 0 unspecified atom stereocenters. The molecule has 3 nitrogen and oxygen atoms in total. The molecule has 1 heterocycles. The summed E-state index contributed by atoms with van der Waals surface area (Å²) in [4.78, 5) is 16.0. The minimum atomic E-state index is -1.12. The molecule has 0 bridgehead atoms. The molecule has 18 heavy (non-hydrogen) atoms. The standard InChI is InChI=1S/C13H10ClNO2S/c1-8-4-2-3-5-10(8)18-11-7-6-9(14)12(15-11)13(16)17/h2-7H,1H3,(H,16,17). The third kappa shape index (κ3) is 2.83. The Hall–Kier alpha value is -1.52. The number of carbonyl (C=O) groups is 1. The lowest BCUT2D eigenvalue weighted by Gasteiger charge is -2.05. The number of hydrogen-bond acceptors (Lipinski definition) is 3. The maximum Gasteiger partial charge on any atom is 0.356 e. The maximum atomic E-state index is 10.9. The molecule has 0 saturated carbocycles. The zero-order valence-corrected chi connectivity index (χ0v) is 11.1. The highest BCUT2D eigenvalue weighted by Crippen LogP contribution is 2.30. The fourth-order valence-electron chi connectivity index (χ4n) is 1.41. The number of rotatable bonds is 3. The largest absolute Gasteiger partial charge is 0.476 e. The first kappa shape index (κ1) is 12.9. The average Bonchev–Trinajstić information content (AvgIpc) is 2.34. The Bertz CT molecular complexity index is 601. The molecule has 0 amide bonds. The summed E-state index contributed by atoms with van der Waals surface area (Å²) in [6.07, 6.45) is 0. The van der Waals surface area contributed by atoms with Gasteiger partial charge in [-0.2, -0.15) is 0 Å². The SMILES string of the molecule is Cc1ccccc1Sc1ccc(Cl)c(C(=O)O)n1. The van der Waals surface area contributed by atoms with E-state index in [4.69, 9.17) is 16.7 Å². The van der Waals surface area contributed by atoms with Crippen molar-refractivity contribution in [3.63, 3.8) is 0 Å². The monoisotopic (exact) mass is 279 g/mol. The quantitative estimate of drug-likeness (QED) is 0.926. The molecule has 2 rings (SSSR count). The highest BCUT2D eigenvalue weighted by atomic mass is 35.5. The number of carboxylic acid groups (broad SMARTS) is 1. The Morgan fingerprint density at radius 2 is 2.00 bits per heavy atom. The average molecular weight is 280 g/mol. The number of aromatic carboxylic acids is 1. The first-order chi connectivity index (χ1) is 8.58. The zero-order valence-electron chi connectivity index (χ0n) is 9.55. The van der Waals surface area contributed by atoms with Crippen LogP contribution in [0.5, 0.6) is 0 Å². The second kappa shape index (κ2) is 5.42. The molecular weight excluding hydrogens is 270 g/mol. The van der Waals surface area contributed by atoms with Gasteiger partial charge in [0.15, 0.2) is 5.69 Å². The summed E-state index contributed by atoms with van der Waals surface area (Å²) >= 11 is 7.19. The van der Waals surface area contributed by atoms with Gasteiger partial charge in [-0.05, 0) is 30.7 Å². The second-order valence-corrected chi connectivity index (χ2v) is 5.12. The van der Waals surface area contributed by atoms with Crippen molar-refractivity contribution in [1.82, 2.24) is 4.98 Å². The van der Waals surface area contributed by atoms with Gasteiger partial charge in [-0.15, -0.1) is 0 Å². The molecule has 1 aromatic heterocycles. The van der Waals surface area contributed by atoms with Gasteiger partial charge in [0.2, 0.25) is 0 Å². The van der Waals surface area contributed by atoms with Gasteiger partial charge < -0.3 is 5.11 Å². The molecule has 0 fully saturated rings. The molecule has 0 aliphatic carbocycles. The van der Waals surface area contributed by atoms with E-state index in [0.29, 0.717) is 5.03 Å². The summed E-state index contributed by atoms with van der Waals surface area (Å²) < 4.78 is 0. The molecule has 92 valence electrons. The van der Waals surface area contributed by atoms with Crippen LogP contribution in [0, 0.1) is 6.92 Å². The summed E-state index contributed by atoms with van der Waals surface area (Å²) in [5, 5.41) is 9.72. The Morgan fingerprint density at radius 1 is 1.28 bits per heavy atom. The Kier molecular flexibility index (Phi) is 3.89. The van der Waals surface area contributed by atoms with E-state index in [0.717, 1.165) is 10.5 Å². The molecule has 0 radical (unpaired) electrons. The normalized spacial score (nSPS) is 10.3. The Morgan fingerprint density at radius 3 is 2.67 bits per heavy atom. The number of halogens is 1. The van der Waals surface area contributed by atoms with E-state index in [-0.39, 0.29) is 10.7 Å². The van der Waals surface area contributed by atoms with E-state index < -0.39 is 5.97 Å². The minimum Gasteiger partial charge on any atom is -0.476 e. The van der Waals surface area contributed by atoms with Gasteiger partial charge in [0.25, 0.3) is 0 Å². The second-order valence-electron chi connectivity index (χ2n) is 3.65. The number of carboxylic acids is 1. The smallest absolute Gasteiger partial charge is 0.356 e. The highest BCUT2D eigenvalue weighted by Gasteiger charge is 2.12. The third-order valence-corrected chi connectivity index (χ3v) is 3.75. The van der Waals surface area contributed by atoms with Crippen LogP contribution in [0.3, 0.4) is 0 Å².